The number of carbonyl (C=O) groups is 1. The molecule has 1 unspecified atom stereocenters. The second kappa shape index (κ2) is 11.5. The number of methoxy groups -OCH3 is 2. The van der Waals surface area contributed by atoms with Gasteiger partial charge in [0.05, 0.1) is 33.4 Å². The van der Waals surface area contributed by atoms with Crippen LogP contribution in [0.25, 0.3) is 0 Å². The highest BCUT2D eigenvalue weighted by atomic mass is 16.5. The van der Waals surface area contributed by atoms with Crippen LogP contribution in [0, 0.1) is 0 Å². The first-order chi connectivity index (χ1) is 15.1. The third-order valence-corrected chi connectivity index (χ3v) is 5.52. The average Bonchev–Trinajstić information content (AvgIpc) is 2.82. The van der Waals surface area contributed by atoms with E-state index in [9.17, 15) is 4.79 Å². The van der Waals surface area contributed by atoms with Gasteiger partial charge in [-0.2, -0.15) is 0 Å². The fraction of sp³-hybridized carbons (Fsp3) is 0.400. The predicted molar refractivity (Wildman–Crippen MR) is 122 cm³/mol. The zero-order valence-electron chi connectivity index (χ0n) is 18.5. The largest absolute Gasteiger partial charge is 0.497 e. The Bertz CT molecular complexity index is 862. The highest BCUT2D eigenvalue weighted by Gasteiger charge is 2.24. The van der Waals surface area contributed by atoms with Gasteiger partial charge in [0.15, 0.2) is 0 Å². The maximum atomic E-state index is 12.7. The van der Waals surface area contributed by atoms with E-state index in [4.69, 9.17) is 14.2 Å². The SMILES string of the molecule is C=CCOC(CN1CCN(C(=O)Cc2cccc(OC)c2)CC1)c1cccc(OC)c1. The van der Waals surface area contributed by atoms with Gasteiger partial charge in [0, 0.05) is 32.7 Å². The number of amides is 1. The number of hydrogen-bond donors (Lipinski definition) is 0. The molecular formula is C25H32N2O4. The second-order valence-corrected chi connectivity index (χ2v) is 7.60. The lowest BCUT2D eigenvalue weighted by Crippen LogP contribution is -2.50. The van der Waals surface area contributed by atoms with E-state index in [2.05, 4.69) is 17.5 Å². The Balaban J connectivity index is 1.55. The van der Waals surface area contributed by atoms with Crippen molar-refractivity contribution in [1.82, 2.24) is 9.80 Å². The minimum absolute atomic E-state index is 0.0767. The molecule has 166 valence electrons. The number of hydrogen-bond acceptors (Lipinski definition) is 5. The smallest absolute Gasteiger partial charge is 0.227 e. The highest BCUT2D eigenvalue weighted by molar-refractivity contribution is 5.79. The maximum absolute atomic E-state index is 12.7. The molecule has 1 heterocycles. The minimum atomic E-state index is -0.0767. The molecule has 1 fully saturated rings. The lowest BCUT2D eigenvalue weighted by atomic mass is 10.1. The normalized spacial score (nSPS) is 15.4. The van der Waals surface area contributed by atoms with Crippen molar-refractivity contribution in [2.24, 2.45) is 0 Å². The quantitative estimate of drug-likeness (QED) is 0.548. The zero-order chi connectivity index (χ0) is 22.1. The first-order valence-electron chi connectivity index (χ1n) is 10.6. The fourth-order valence-corrected chi connectivity index (χ4v) is 3.76. The number of benzene rings is 2. The molecule has 1 atom stereocenters. The molecule has 0 saturated carbocycles. The summed E-state index contributed by atoms with van der Waals surface area (Å²) in [6, 6.07) is 15.7. The van der Waals surface area contributed by atoms with Crippen LogP contribution in [0.15, 0.2) is 61.2 Å². The van der Waals surface area contributed by atoms with Gasteiger partial charge in [0.1, 0.15) is 11.5 Å². The number of ether oxygens (including phenoxy) is 3. The van der Waals surface area contributed by atoms with Crippen LogP contribution < -0.4 is 9.47 Å². The Kier molecular flexibility index (Phi) is 8.50. The van der Waals surface area contributed by atoms with Crippen molar-refractivity contribution in [3.8, 4) is 11.5 Å². The van der Waals surface area contributed by atoms with E-state index in [0.29, 0.717) is 13.0 Å². The summed E-state index contributed by atoms with van der Waals surface area (Å²) in [5.74, 6) is 1.75. The summed E-state index contributed by atoms with van der Waals surface area (Å²) in [5, 5.41) is 0. The Morgan fingerprint density at radius 2 is 1.71 bits per heavy atom. The molecule has 3 rings (SSSR count). The molecule has 2 aromatic carbocycles. The van der Waals surface area contributed by atoms with Crippen molar-refractivity contribution >= 4 is 5.91 Å². The van der Waals surface area contributed by atoms with Crippen molar-refractivity contribution in [1.29, 1.82) is 0 Å². The van der Waals surface area contributed by atoms with Gasteiger partial charge in [0.2, 0.25) is 5.91 Å². The lowest BCUT2D eigenvalue weighted by Gasteiger charge is -2.36. The minimum Gasteiger partial charge on any atom is -0.497 e. The predicted octanol–water partition coefficient (Wildman–Crippen LogP) is 3.33. The Morgan fingerprint density at radius 3 is 2.39 bits per heavy atom. The summed E-state index contributed by atoms with van der Waals surface area (Å²) in [6.07, 6.45) is 2.08. The van der Waals surface area contributed by atoms with Crippen LogP contribution in [-0.4, -0.2) is 69.3 Å². The topological polar surface area (TPSA) is 51.2 Å². The lowest BCUT2D eigenvalue weighted by molar-refractivity contribution is -0.132. The highest BCUT2D eigenvalue weighted by Crippen LogP contribution is 2.24. The molecule has 0 N–H and O–H groups in total. The molecule has 0 aliphatic carbocycles. The third-order valence-electron chi connectivity index (χ3n) is 5.52. The molecule has 0 aromatic heterocycles. The summed E-state index contributed by atoms with van der Waals surface area (Å²) in [6.45, 7) is 8.09. The van der Waals surface area contributed by atoms with E-state index in [1.807, 2.05) is 47.4 Å². The molecule has 6 heteroatoms. The van der Waals surface area contributed by atoms with Crippen LogP contribution in [0.4, 0.5) is 0 Å². The maximum Gasteiger partial charge on any atom is 0.227 e. The van der Waals surface area contributed by atoms with Gasteiger partial charge in [-0.05, 0) is 35.4 Å². The standard InChI is InChI=1S/C25H32N2O4/c1-4-15-31-24(21-8-6-10-23(18-21)30-3)19-26-11-13-27(14-12-26)25(28)17-20-7-5-9-22(16-20)29-2/h4-10,16,18,24H,1,11-15,17,19H2,2-3H3. The summed E-state index contributed by atoms with van der Waals surface area (Å²) in [5.41, 5.74) is 2.06. The average molecular weight is 425 g/mol. The monoisotopic (exact) mass is 424 g/mol. The number of piperazine rings is 1. The van der Waals surface area contributed by atoms with E-state index >= 15 is 0 Å². The zero-order valence-corrected chi connectivity index (χ0v) is 18.5. The Labute approximate surface area is 185 Å². The number of rotatable bonds is 10. The van der Waals surface area contributed by atoms with E-state index in [1.54, 1.807) is 20.3 Å². The van der Waals surface area contributed by atoms with Crippen LogP contribution in [0.5, 0.6) is 11.5 Å². The van der Waals surface area contributed by atoms with Crippen LogP contribution in [0.2, 0.25) is 0 Å². The molecule has 31 heavy (non-hydrogen) atoms. The molecule has 1 aliphatic rings. The molecule has 0 bridgehead atoms. The number of carbonyl (C=O) groups excluding carboxylic acids is 1. The van der Waals surface area contributed by atoms with Crippen LogP contribution in [0.1, 0.15) is 17.2 Å². The summed E-state index contributed by atoms with van der Waals surface area (Å²) in [4.78, 5) is 17.0. The van der Waals surface area contributed by atoms with Gasteiger partial charge in [-0.1, -0.05) is 30.3 Å². The molecule has 6 nitrogen and oxygen atoms in total. The third kappa shape index (κ3) is 6.57. The van der Waals surface area contributed by atoms with Gasteiger partial charge in [-0.3, -0.25) is 9.69 Å². The Morgan fingerprint density at radius 1 is 1.03 bits per heavy atom. The summed E-state index contributed by atoms with van der Waals surface area (Å²) >= 11 is 0. The Hall–Kier alpha value is -2.83. The first kappa shape index (κ1) is 22.8. The van der Waals surface area contributed by atoms with Crippen molar-refractivity contribution < 1.29 is 19.0 Å². The van der Waals surface area contributed by atoms with E-state index in [0.717, 1.165) is 55.3 Å². The molecular weight excluding hydrogens is 392 g/mol. The van der Waals surface area contributed by atoms with Crippen molar-refractivity contribution in [3.63, 3.8) is 0 Å². The van der Waals surface area contributed by atoms with E-state index in [-0.39, 0.29) is 12.0 Å². The summed E-state index contributed by atoms with van der Waals surface area (Å²) < 4.78 is 16.7. The van der Waals surface area contributed by atoms with Crippen molar-refractivity contribution in [3.05, 3.63) is 72.3 Å². The van der Waals surface area contributed by atoms with Gasteiger partial charge in [-0.25, -0.2) is 0 Å². The molecule has 0 radical (unpaired) electrons. The number of nitrogens with zero attached hydrogens (tertiary/aromatic N) is 2. The van der Waals surface area contributed by atoms with E-state index in [1.165, 1.54) is 0 Å². The van der Waals surface area contributed by atoms with Crippen LogP contribution >= 0.6 is 0 Å². The molecule has 1 saturated heterocycles. The molecule has 2 aromatic rings. The van der Waals surface area contributed by atoms with Crippen molar-refractivity contribution in [2.45, 2.75) is 12.5 Å². The molecule has 1 aliphatic heterocycles. The molecule has 0 spiro atoms. The first-order valence-corrected chi connectivity index (χ1v) is 10.6. The van der Waals surface area contributed by atoms with Gasteiger partial charge in [0.25, 0.3) is 0 Å². The van der Waals surface area contributed by atoms with Gasteiger partial charge < -0.3 is 19.1 Å². The van der Waals surface area contributed by atoms with E-state index < -0.39 is 0 Å². The fourth-order valence-electron chi connectivity index (χ4n) is 3.76. The van der Waals surface area contributed by atoms with Gasteiger partial charge in [-0.15, -0.1) is 6.58 Å². The molecule has 1 amide bonds. The summed E-state index contributed by atoms with van der Waals surface area (Å²) in [7, 11) is 3.30. The second-order valence-electron chi connectivity index (χ2n) is 7.60. The van der Waals surface area contributed by atoms with Gasteiger partial charge >= 0.3 is 0 Å². The van der Waals surface area contributed by atoms with Crippen LogP contribution in [0.3, 0.4) is 0 Å². The van der Waals surface area contributed by atoms with Crippen molar-refractivity contribution in [2.75, 3.05) is 53.6 Å². The van der Waals surface area contributed by atoms with Crippen LogP contribution in [-0.2, 0) is 16.0 Å².